The smallest absolute Gasteiger partial charge is 0.410 e. The topological polar surface area (TPSA) is 122 Å². The Bertz CT molecular complexity index is 1270. The maximum atomic E-state index is 13.5. The average molecular weight is 557 g/mol. The number of ether oxygens (including phenoxy) is 1. The standard InChI is InChI=1S/C28H36N4O6S/c33-27(25-16-26(38-30-25)21-6-7-21)29-22-14-23-8-9-24(15-22)32(23)39(35,36)18-20-10-12-31(13-11-20)28(34)37-17-19-4-2-1-3-5-19/h1-5,16,20-24H,6-15,17-18H2,(H,29,33)/t22-,23+,24-. The Kier molecular flexibility index (Phi) is 7.37. The van der Waals surface area contributed by atoms with Gasteiger partial charge in [0, 0.05) is 43.2 Å². The number of fused-ring (bicyclic) bond motifs is 2. The molecule has 2 aromatic rings. The quantitative estimate of drug-likeness (QED) is 0.527. The lowest BCUT2D eigenvalue weighted by Crippen LogP contribution is -2.53. The van der Waals surface area contributed by atoms with E-state index in [4.69, 9.17) is 9.26 Å². The molecule has 0 unspecified atom stereocenters. The van der Waals surface area contributed by atoms with Gasteiger partial charge in [-0.25, -0.2) is 13.2 Å². The minimum atomic E-state index is -3.45. The van der Waals surface area contributed by atoms with Gasteiger partial charge in [0.25, 0.3) is 5.91 Å². The first kappa shape index (κ1) is 26.3. The van der Waals surface area contributed by atoms with Gasteiger partial charge in [-0.3, -0.25) is 4.79 Å². The van der Waals surface area contributed by atoms with E-state index >= 15 is 0 Å². The largest absolute Gasteiger partial charge is 0.445 e. The van der Waals surface area contributed by atoms with E-state index in [1.54, 1.807) is 15.3 Å². The van der Waals surface area contributed by atoms with Crippen LogP contribution in [0.15, 0.2) is 40.9 Å². The number of piperidine rings is 2. The van der Waals surface area contributed by atoms with E-state index in [-0.39, 0.29) is 48.4 Å². The van der Waals surface area contributed by atoms with Gasteiger partial charge in [0.2, 0.25) is 10.0 Å². The number of hydrogen-bond acceptors (Lipinski definition) is 7. The first-order chi connectivity index (χ1) is 18.9. The molecular weight excluding hydrogens is 520 g/mol. The summed E-state index contributed by atoms with van der Waals surface area (Å²) in [4.78, 5) is 26.9. The van der Waals surface area contributed by atoms with Gasteiger partial charge in [0.15, 0.2) is 5.69 Å². The zero-order chi connectivity index (χ0) is 27.0. The van der Waals surface area contributed by atoms with E-state index in [1.807, 2.05) is 30.3 Å². The van der Waals surface area contributed by atoms with E-state index in [1.165, 1.54) is 0 Å². The van der Waals surface area contributed by atoms with Crippen molar-refractivity contribution in [3.8, 4) is 0 Å². The van der Waals surface area contributed by atoms with E-state index in [9.17, 15) is 18.0 Å². The monoisotopic (exact) mass is 556 g/mol. The van der Waals surface area contributed by atoms with E-state index < -0.39 is 10.0 Å². The average Bonchev–Trinajstić information content (AvgIpc) is 3.58. The predicted octanol–water partition coefficient (Wildman–Crippen LogP) is 3.66. The maximum absolute atomic E-state index is 13.5. The first-order valence-electron chi connectivity index (χ1n) is 14.1. The number of rotatable bonds is 8. The molecule has 1 aromatic carbocycles. The third kappa shape index (κ3) is 5.99. The minimum Gasteiger partial charge on any atom is -0.445 e. The number of carbonyl (C=O) groups is 2. The number of aromatic nitrogens is 1. The molecule has 11 heteroatoms. The fraction of sp³-hybridized carbons (Fsp3) is 0.607. The van der Waals surface area contributed by atoms with Crippen molar-refractivity contribution in [2.24, 2.45) is 5.92 Å². The lowest BCUT2D eigenvalue weighted by molar-refractivity contribution is 0.0838. The normalized spacial score (nSPS) is 25.9. The maximum Gasteiger partial charge on any atom is 0.410 e. The van der Waals surface area contributed by atoms with Crippen LogP contribution >= 0.6 is 0 Å². The number of likely N-dealkylation sites (tertiary alicyclic amines) is 1. The Labute approximate surface area is 229 Å². The van der Waals surface area contributed by atoms with Crippen LogP contribution in [0.4, 0.5) is 4.79 Å². The molecule has 2 amide bonds. The number of nitrogens with zero attached hydrogens (tertiary/aromatic N) is 3. The zero-order valence-corrected chi connectivity index (χ0v) is 22.9. The molecule has 210 valence electrons. The molecular formula is C28H36N4O6S. The van der Waals surface area contributed by atoms with Crippen LogP contribution in [-0.4, -0.2) is 71.7 Å². The molecule has 1 aromatic heterocycles. The van der Waals surface area contributed by atoms with Crippen LogP contribution in [0.25, 0.3) is 0 Å². The van der Waals surface area contributed by atoms with Crippen LogP contribution in [0, 0.1) is 5.92 Å². The van der Waals surface area contributed by atoms with Gasteiger partial charge in [0.05, 0.1) is 5.75 Å². The second-order valence-corrected chi connectivity index (χ2v) is 13.4. The van der Waals surface area contributed by atoms with Gasteiger partial charge < -0.3 is 19.5 Å². The van der Waals surface area contributed by atoms with E-state index in [0.717, 1.165) is 37.0 Å². The van der Waals surface area contributed by atoms with Crippen LogP contribution in [0.3, 0.4) is 0 Å². The Hall–Kier alpha value is -2.92. The van der Waals surface area contributed by atoms with Gasteiger partial charge >= 0.3 is 6.09 Å². The molecule has 10 nitrogen and oxygen atoms in total. The SMILES string of the molecule is O=C(N[C@H]1C[C@H]2CC[C@@H](C1)N2S(=O)(=O)CC1CCN(C(=O)OCc2ccccc2)CC1)c1cc(C2CC2)on1. The second-order valence-electron chi connectivity index (χ2n) is 11.5. The van der Waals surface area contributed by atoms with Crippen LogP contribution in [0.1, 0.15) is 79.1 Å². The van der Waals surface area contributed by atoms with Gasteiger partial charge in [-0.05, 0) is 62.8 Å². The molecule has 0 radical (unpaired) electrons. The molecule has 0 spiro atoms. The van der Waals surface area contributed by atoms with Crippen molar-refractivity contribution in [3.63, 3.8) is 0 Å². The van der Waals surface area contributed by atoms with Crippen molar-refractivity contribution < 1.29 is 27.3 Å². The Morgan fingerprint density at radius 2 is 1.69 bits per heavy atom. The third-order valence-electron chi connectivity index (χ3n) is 8.59. The molecule has 4 aliphatic rings. The van der Waals surface area contributed by atoms with Crippen molar-refractivity contribution in [2.45, 2.75) is 82.0 Å². The number of benzene rings is 1. The summed E-state index contributed by atoms with van der Waals surface area (Å²) in [5.74, 6) is 1.03. The fourth-order valence-electron chi connectivity index (χ4n) is 6.40. The van der Waals surface area contributed by atoms with Crippen molar-refractivity contribution >= 4 is 22.0 Å². The molecule has 3 atom stereocenters. The summed E-state index contributed by atoms with van der Waals surface area (Å²) >= 11 is 0. The highest BCUT2D eigenvalue weighted by atomic mass is 32.2. The highest BCUT2D eigenvalue weighted by Gasteiger charge is 2.47. The summed E-state index contributed by atoms with van der Waals surface area (Å²) in [6.07, 6.45) is 5.94. The lowest BCUT2D eigenvalue weighted by atomic mass is 9.99. The number of hydrogen-bond donors (Lipinski definition) is 1. The molecule has 1 saturated carbocycles. The lowest BCUT2D eigenvalue weighted by Gasteiger charge is -2.39. The summed E-state index contributed by atoms with van der Waals surface area (Å²) < 4.78 is 39.5. The van der Waals surface area contributed by atoms with Crippen LogP contribution in [-0.2, 0) is 21.4 Å². The number of carbonyl (C=O) groups excluding carboxylic acids is 2. The highest BCUT2D eigenvalue weighted by Crippen LogP contribution is 2.41. The Morgan fingerprint density at radius 3 is 2.36 bits per heavy atom. The van der Waals surface area contributed by atoms with Crippen molar-refractivity contribution in [3.05, 3.63) is 53.4 Å². The van der Waals surface area contributed by atoms with Crippen LogP contribution in [0.2, 0.25) is 0 Å². The molecule has 2 bridgehead atoms. The molecule has 39 heavy (non-hydrogen) atoms. The van der Waals surface area contributed by atoms with E-state index in [2.05, 4.69) is 10.5 Å². The summed E-state index contributed by atoms with van der Waals surface area (Å²) in [5.41, 5.74) is 1.24. The van der Waals surface area contributed by atoms with Crippen molar-refractivity contribution in [2.75, 3.05) is 18.8 Å². The molecule has 1 aliphatic carbocycles. The Morgan fingerprint density at radius 1 is 1.00 bits per heavy atom. The van der Waals surface area contributed by atoms with Crippen LogP contribution < -0.4 is 5.32 Å². The summed E-state index contributed by atoms with van der Waals surface area (Å²) in [7, 11) is -3.45. The number of amides is 2. The molecule has 1 N–H and O–H groups in total. The summed E-state index contributed by atoms with van der Waals surface area (Å²) in [5, 5.41) is 7.00. The van der Waals surface area contributed by atoms with E-state index in [0.29, 0.717) is 50.4 Å². The first-order valence-corrected chi connectivity index (χ1v) is 15.7. The second kappa shape index (κ2) is 10.9. The third-order valence-corrected chi connectivity index (χ3v) is 10.7. The molecule has 6 rings (SSSR count). The highest BCUT2D eigenvalue weighted by molar-refractivity contribution is 7.89. The van der Waals surface area contributed by atoms with Gasteiger partial charge in [-0.2, -0.15) is 4.31 Å². The number of nitrogens with one attached hydrogen (secondary N) is 1. The molecule has 4 fully saturated rings. The molecule has 4 heterocycles. The summed E-state index contributed by atoms with van der Waals surface area (Å²) in [6, 6.07) is 11.0. The molecule has 3 aliphatic heterocycles. The molecule has 3 saturated heterocycles. The number of sulfonamides is 1. The zero-order valence-electron chi connectivity index (χ0n) is 22.0. The minimum absolute atomic E-state index is 0.0119. The van der Waals surface area contributed by atoms with Gasteiger partial charge in [0.1, 0.15) is 12.4 Å². The van der Waals surface area contributed by atoms with Crippen molar-refractivity contribution in [1.29, 1.82) is 0 Å². The van der Waals surface area contributed by atoms with Gasteiger partial charge in [-0.15, -0.1) is 0 Å². The van der Waals surface area contributed by atoms with Crippen molar-refractivity contribution in [1.82, 2.24) is 19.7 Å². The Balaban J connectivity index is 0.978. The fourth-order valence-corrected chi connectivity index (χ4v) is 8.79. The van der Waals surface area contributed by atoms with Gasteiger partial charge in [-0.1, -0.05) is 35.5 Å². The predicted molar refractivity (Wildman–Crippen MR) is 142 cm³/mol. The van der Waals surface area contributed by atoms with Crippen LogP contribution in [0.5, 0.6) is 0 Å². The summed E-state index contributed by atoms with van der Waals surface area (Å²) in [6.45, 7) is 1.23.